The van der Waals surface area contributed by atoms with Gasteiger partial charge in [-0.2, -0.15) is 5.26 Å². The van der Waals surface area contributed by atoms with E-state index in [9.17, 15) is 5.26 Å². The average Bonchev–Trinajstić information content (AvgIpc) is 3.21. The van der Waals surface area contributed by atoms with E-state index >= 15 is 0 Å². The largest absolute Gasteiger partial charge is 0.493 e. The summed E-state index contributed by atoms with van der Waals surface area (Å²) in [5.74, 6) is 1.79. The molecule has 0 fully saturated rings. The minimum Gasteiger partial charge on any atom is -0.493 e. The molecule has 0 spiro atoms. The Kier molecular flexibility index (Phi) is 5.26. The lowest BCUT2D eigenvalue weighted by atomic mass is 10.1. The van der Waals surface area contributed by atoms with Crippen molar-refractivity contribution in [3.8, 4) is 17.6 Å². The number of aromatic amines is 1. The van der Waals surface area contributed by atoms with Crippen LogP contribution in [-0.2, 0) is 6.61 Å². The van der Waals surface area contributed by atoms with Gasteiger partial charge in [-0.15, -0.1) is 0 Å². The van der Waals surface area contributed by atoms with Crippen molar-refractivity contribution < 1.29 is 9.47 Å². The molecule has 4 aromatic rings. The smallest absolute Gasteiger partial charge is 0.162 e. The summed E-state index contributed by atoms with van der Waals surface area (Å²) in [6.07, 6.45) is 1.78. The van der Waals surface area contributed by atoms with Crippen LogP contribution in [0.25, 0.3) is 22.7 Å². The molecule has 0 aliphatic heterocycles. The number of rotatable bonds is 6. The predicted octanol–water partition coefficient (Wildman–Crippen LogP) is 5.21. The number of para-hydroxylation sites is 2. The number of methoxy groups -OCH3 is 1. The topological polar surface area (TPSA) is 70.9 Å². The van der Waals surface area contributed by atoms with Crippen LogP contribution >= 0.6 is 0 Å². The van der Waals surface area contributed by atoms with Crippen molar-refractivity contribution in [2.24, 2.45) is 0 Å². The van der Waals surface area contributed by atoms with E-state index in [1.54, 1.807) is 13.2 Å². The highest BCUT2D eigenvalue weighted by Crippen LogP contribution is 2.30. The summed E-state index contributed by atoms with van der Waals surface area (Å²) < 4.78 is 11.4. The van der Waals surface area contributed by atoms with Gasteiger partial charge in [0.05, 0.1) is 23.7 Å². The third-order valence-electron chi connectivity index (χ3n) is 4.50. The Bertz CT molecular complexity index is 1170. The first-order chi connectivity index (χ1) is 14.3. The van der Waals surface area contributed by atoms with Gasteiger partial charge in [-0.05, 0) is 41.5 Å². The summed E-state index contributed by atoms with van der Waals surface area (Å²) in [4.78, 5) is 7.70. The van der Waals surface area contributed by atoms with Crippen LogP contribution in [0.5, 0.6) is 11.5 Å². The van der Waals surface area contributed by atoms with Gasteiger partial charge in [0, 0.05) is 0 Å². The molecule has 0 bridgehead atoms. The fraction of sp³-hybridized carbons (Fsp3) is 0.0833. The predicted molar refractivity (Wildman–Crippen MR) is 113 cm³/mol. The monoisotopic (exact) mass is 381 g/mol. The molecule has 0 saturated carbocycles. The lowest BCUT2D eigenvalue weighted by Crippen LogP contribution is -1.98. The molecule has 1 heterocycles. The van der Waals surface area contributed by atoms with Crippen molar-refractivity contribution in [3.05, 3.63) is 89.7 Å². The summed E-state index contributed by atoms with van der Waals surface area (Å²) in [7, 11) is 1.61. The number of benzene rings is 3. The number of nitrogens with one attached hydrogen (secondary N) is 1. The second kappa shape index (κ2) is 8.32. The summed E-state index contributed by atoms with van der Waals surface area (Å²) >= 11 is 0. The Morgan fingerprint density at radius 2 is 1.83 bits per heavy atom. The number of hydrogen-bond donors (Lipinski definition) is 1. The highest BCUT2D eigenvalue weighted by Gasteiger charge is 2.10. The Labute approximate surface area is 168 Å². The number of imidazole rings is 1. The van der Waals surface area contributed by atoms with Crippen LogP contribution in [0, 0.1) is 11.3 Å². The van der Waals surface area contributed by atoms with Crippen molar-refractivity contribution in [1.82, 2.24) is 9.97 Å². The Balaban J connectivity index is 1.63. The number of nitriles is 1. The van der Waals surface area contributed by atoms with Gasteiger partial charge in [0.15, 0.2) is 11.5 Å². The summed E-state index contributed by atoms with van der Waals surface area (Å²) in [5.41, 5.74) is 4.05. The van der Waals surface area contributed by atoms with E-state index in [0.717, 1.165) is 22.2 Å². The van der Waals surface area contributed by atoms with Crippen LogP contribution in [0.1, 0.15) is 17.0 Å². The molecule has 0 saturated heterocycles. The lowest BCUT2D eigenvalue weighted by molar-refractivity contribution is 0.284. The lowest BCUT2D eigenvalue weighted by Gasteiger charge is -2.11. The van der Waals surface area contributed by atoms with Crippen LogP contribution in [-0.4, -0.2) is 17.1 Å². The fourth-order valence-electron chi connectivity index (χ4n) is 3.03. The van der Waals surface area contributed by atoms with Gasteiger partial charge in [-0.3, -0.25) is 0 Å². The molecular formula is C24H19N3O2. The molecule has 4 rings (SSSR count). The zero-order valence-electron chi connectivity index (χ0n) is 15.9. The van der Waals surface area contributed by atoms with E-state index in [1.807, 2.05) is 72.8 Å². The molecule has 0 amide bonds. The maximum absolute atomic E-state index is 9.65. The standard InChI is InChI=1S/C24H19N3O2/c1-28-22-12-11-18(14-23(22)29-16-17-7-3-2-4-8-17)13-19(15-25)24-26-20-9-5-6-10-21(20)27-24/h2-14H,16H2,1H3,(H,26,27)/b19-13+. The maximum atomic E-state index is 9.65. The summed E-state index contributed by atoms with van der Waals surface area (Å²) in [5, 5.41) is 9.65. The minimum atomic E-state index is 0.430. The van der Waals surface area contributed by atoms with Crippen LogP contribution in [0.2, 0.25) is 0 Å². The van der Waals surface area contributed by atoms with Gasteiger partial charge < -0.3 is 14.5 Å². The van der Waals surface area contributed by atoms with Crippen molar-refractivity contribution >= 4 is 22.7 Å². The first-order valence-corrected chi connectivity index (χ1v) is 9.18. The van der Waals surface area contributed by atoms with Crippen molar-refractivity contribution in [2.75, 3.05) is 7.11 Å². The number of hydrogen-bond acceptors (Lipinski definition) is 4. The number of nitrogens with zero attached hydrogens (tertiary/aromatic N) is 2. The number of aromatic nitrogens is 2. The van der Waals surface area contributed by atoms with Gasteiger partial charge in [0.1, 0.15) is 18.5 Å². The van der Waals surface area contributed by atoms with Crippen molar-refractivity contribution in [3.63, 3.8) is 0 Å². The van der Waals surface area contributed by atoms with E-state index in [0.29, 0.717) is 29.5 Å². The van der Waals surface area contributed by atoms with Crippen molar-refractivity contribution in [2.45, 2.75) is 6.61 Å². The zero-order chi connectivity index (χ0) is 20.1. The molecule has 0 atom stereocenters. The van der Waals surface area contributed by atoms with Gasteiger partial charge in [0.2, 0.25) is 0 Å². The molecule has 1 aromatic heterocycles. The van der Waals surface area contributed by atoms with E-state index in [-0.39, 0.29) is 0 Å². The normalized spacial score (nSPS) is 11.2. The zero-order valence-corrected chi connectivity index (χ0v) is 15.9. The molecule has 0 aliphatic rings. The van der Waals surface area contributed by atoms with Crippen LogP contribution in [0.15, 0.2) is 72.8 Å². The van der Waals surface area contributed by atoms with E-state index in [2.05, 4.69) is 16.0 Å². The molecule has 142 valence electrons. The fourth-order valence-corrected chi connectivity index (χ4v) is 3.03. The van der Waals surface area contributed by atoms with Gasteiger partial charge in [0.25, 0.3) is 0 Å². The third kappa shape index (κ3) is 4.12. The molecule has 0 unspecified atom stereocenters. The molecular weight excluding hydrogens is 362 g/mol. The molecule has 5 nitrogen and oxygen atoms in total. The molecule has 3 aromatic carbocycles. The summed E-state index contributed by atoms with van der Waals surface area (Å²) in [6.45, 7) is 0.430. The van der Waals surface area contributed by atoms with Gasteiger partial charge >= 0.3 is 0 Å². The van der Waals surface area contributed by atoms with Crippen molar-refractivity contribution in [1.29, 1.82) is 5.26 Å². The molecule has 29 heavy (non-hydrogen) atoms. The molecule has 0 radical (unpaired) electrons. The highest BCUT2D eigenvalue weighted by atomic mass is 16.5. The Morgan fingerprint density at radius 1 is 1.03 bits per heavy atom. The minimum absolute atomic E-state index is 0.430. The number of ether oxygens (including phenoxy) is 2. The Morgan fingerprint density at radius 3 is 2.59 bits per heavy atom. The Hall–Kier alpha value is -4.04. The van der Waals surface area contributed by atoms with Crippen LogP contribution in [0.3, 0.4) is 0 Å². The quantitative estimate of drug-likeness (QED) is 0.465. The average molecular weight is 381 g/mol. The van der Waals surface area contributed by atoms with Gasteiger partial charge in [-0.1, -0.05) is 48.5 Å². The van der Waals surface area contributed by atoms with Gasteiger partial charge in [-0.25, -0.2) is 4.98 Å². The van der Waals surface area contributed by atoms with E-state index in [1.165, 1.54) is 0 Å². The second-order valence-corrected chi connectivity index (χ2v) is 6.46. The maximum Gasteiger partial charge on any atom is 0.162 e. The first-order valence-electron chi connectivity index (χ1n) is 9.18. The second-order valence-electron chi connectivity index (χ2n) is 6.46. The number of fused-ring (bicyclic) bond motifs is 1. The molecule has 5 heteroatoms. The highest BCUT2D eigenvalue weighted by molar-refractivity contribution is 5.90. The number of H-pyrrole nitrogens is 1. The first kappa shape index (κ1) is 18.3. The number of allylic oxidation sites excluding steroid dienone is 1. The van der Waals surface area contributed by atoms with E-state index in [4.69, 9.17) is 9.47 Å². The molecule has 1 N–H and O–H groups in total. The molecule has 0 aliphatic carbocycles. The van der Waals surface area contributed by atoms with Crippen LogP contribution in [0.4, 0.5) is 0 Å². The third-order valence-corrected chi connectivity index (χ3v) is 4.50. The SMILES string of the molecule is COc1ccc(/C=C(\C#N)c2nc3ccccc3[nH]2)cc1OCc1ccccc1. The summed E-state index contributed by atoms with van der Waals surface area (Å²) in [6, 6.07) is 25.4. The van der Waals surface area contributed by atoms with Crippen LogP contribution < -0.4 is 9.47 Å². The van der Waals surface area contributed by atoms with E-state index < -0.39 is 0 Å².